The highest BCUT2D eigenvalue weighted by atomic mass is 19.1. The van der Waals surface area contributed by atoms with Crippen LogP contribution in [0.4, 0.5) is 4.39 Å². The molecule has 4 atom stereocenters. The Balaban J connectivity index is 1.80. The van der Waals surface area contributed by atoms with Crippen LogP contribution in [0.15, 0.2) is 43.0 Å². The Kier molecular flexibility index (Phi) is 3.72. The fraction of sp³-hybridized carbons (Fsp3) is 0.312. The molecule has 0 saturated carbocycles. The molecule has 3 aromatic rings. The average Bonchev–Trinajstić information content (AvgIpc) is 3.17. The van der Waals surface area contributed by atoms with E-state index in [4.69, 9.17) is 9.84 Å². The number of hydrogen-bond acceptors (Lipinski definition) is 6. The third-order valence-corrected chi connectivity index (χ3v) is 4.15. The van der Waals surface area contributed by atoms with E-state index in [9.17, 15) is 9.50 Å². The third kappa shape index (κ3) is 2.27. The van der Waals surface area contributed by atoms with Crippen molar-refractivity contribution in [3.05, 3.63) is 43.0 Å². The lowest BCUT2D eigenvalue weighted by Gasteiger charge is -2.16. The molecule has 7 nitrogen and oxygen atoms in total. The second kappa shape index (κ2) is 5.90. The molecule has 3 heterocycles. The van der Waals surface area contributed by atoms with Crippen molar-refractivity contribution in [2.45, 2.75) is 24.6 Å². The van der Waals surface area contributed by atoms with E-state index in [0.717, 1.165) is 5.56 Å². The quantitative estimate of drug-likeness (QED) is 0.746. The molecule has 0 aliphatic carbocycles. The number of rotatable bonds is 3. The van der Waals surface area contributed by atoms with E-state index in [0.29, 0.717) is 16.9 Å². The zero-order chi connectivity index (χ0) is 16.7. The Labute approximate surface area is 136 Å². The Morgan fingerprint density at radius 1 is 1.17 bits per heavy atom. The number of hydrogen-bond donors (Lipinski definition) is 2. The van der Waals surface area contributed by atoms with Gasteiger partial charge in [-0.05, 0) is 0 Å². The van der Waals surface area contributed by atoms with Crippen molar-refractivity contribution in [3.63, 3.8) is 0 Å². The van der Waals surface area contributed by atoms with Crippen molar-refractivity contribution in [2.24, 2.45) is 0 Å². The summed E-state index contributed by atoms with van der Waals surface area (Å²) in [6, 6.07) is 9.50. The largest absolute Gasteiger partial charge is 0.394 e. The summed E-state index contributed by atoms with van der Waals surface area (Å²) < 4.78 is 20.9. The van der Waals surface area contributed by atoms with Crippen molar-refractivity contribution in [3.8, 4) is 11.3 Å². The van der Waals surface area contributed by atoms with Gasteiger partial charge in [0, 0.05) is 5.56 Å². The SMILES string of the molecule is OC[C@H]1O[C@@H](n2cnc3c(-c4ccccc4)ncnc32)[C@H](O)[C@@H]1F. The van der Waals surface area contributed by atoms with Gasteiger partial charge in [0.15, 0.2) is 18.0 Å². The Morgan fingerprint density at radius 3 is 2.67 bits per heavy atom. The smallest absolute Gasteiger partial charge is 0.166 e. The van der Waals surface area contributed by atoms with E-state index in [-0.39, 0.29) is 0 Å². The summed E-state index contributed by atoms with van der Waals surface area (Å²) in [5, 5.41) is 19.2. The lowest BCUT2D eigenvalue weighted by atomic mass is 10.1. The predicted octanol–water partition coefficient (Wildman–Crippen LogP) is 1.08. The van der Waals surface area contributed by atoms with E-state index in [1.54, 1.807) is 0 Å². The summed E-state index contributed by atoms with van der Waals surface area (Å²) in [4.78, 5) is 12.8. The molecule has 0 bridgehead atoms. The molecule has 2 aromatic heterocycles. The summed E-state index contributed by atoms with van der Waals surface area (Å²) in [7, 11) is 0. The monoisotopic (exact) mass is 330 g/mol. The van der Waals surface area contributed by atoms with Gasteiger partial charge >= 0.3 is 0 Å². The Bertz CT molecular complexity index is 857. The molecule has 1 aliphatic heterocycles. The van der Waals surface area contributed by atoms with Crippen LogP contribution in [-0.2, 0) is 4.74 Å². The zero-order valence-electron chi connectivity index (χ0n) is 12.5. The van der Waals surface area contributed by atoms with Crippen LogP contribution in [0, 0.1) is 0 Å². The van der Waals surface area contributed by atoms with E-state index >= 15 is 0 Å². The van der Waals surface area contributed by atoms with Gasteiger partial charge in [-0.25, -0.2) is 19.3 Å². The van der Waals surface area contributed by atoms with Gasteiger partial charge in [-0.1, -0.05) is 30.3 Å². The maximum atomic E-state index is 14.0. The summed E-state index contributed by atoms with van der Waals surface area (Å²) in [5.74, 6) is 0. The number of aliphatic hydroxyl groups is 2. The second-order valence-corrected chi connectivity index (χ2v) is 5.60. The summed E-state index contributed by atoms with van der Waals surface area (Å²) in [5.41, 5.74) is 2.48. The van der Waals surface area contributed by atoms with Gasteiger partial charge in [0.1, 0.15) is 29.7 Å². The van der Waals surface area contributed by atoms with Gasteiger partial charge in [-0.15, -0.1) is 0 Å². The minimum atomic E-state index is -1.67. The molecular weight excluding hydrogens is 315 g/mol. The number of imidazole rings is 1. The van der Waals surface area contributed by atoms with Gasteiger partial charge in [0.2, 0.25) is 0 Å². The minimum Gasteiger partial charge on any atom is -0.394 e. The molecule has 1 fully saturated rings. The van der Waals surface area contributed by atoms with Crippen LogP contribution in [0.3, 0.4) is 0 Å². The molecule has 1 aromatic carbocycles. The van der Waals surface area contributed by atoms with Crippen molar-refractivity contribution in [2.75, 3.05) is 6.61 Å². The number of alkyl halides is 1. The van der Waals surface area contributed by atoms with Crippen LogP contribution >= 0.6 is 0 Å². The van der Waals surface area contributed by atoms with E-state index in [2.05, 4.69) is 15.0 Å². The van der Waals surface area contributed by atoms with Crippen LogP contribution in [0.5, 0.6) is 0 Å². The normalized spacial score (nSPS) is 27.0. The highest BCUT2D eigenvalue weighted by molar-refractivity contribution is 5.87. The number of benzene rings is 1. The average molecular weight is 330 g/mol. The van der Waals surface area contributed by atoms with Crippen LogP contribution in [-0.4, -0.2) is 54.7 Å². The molecule has 0 amide bonds. The first-order valence-electron chi connectivity index (χ1n) is 7.52. The van der Waals surface area contributed by atoms with Gasteiger partial charge in [0.05, 0.1) is 12.9 Å². The first kappa shape index (κ1) is 15.1. The van der Waals surface area contributed by atoms with Gasteiger partial charge in [0.25, 0.3) is 0 Å². The first-order valence-corrected chi connectivity index (χ1v) is 7.52. The lowest BCUT2D eigenvalue weighted by Crippen LogP contribution is -2.29. The molecule has 2 N–H and O–H groups in total. The van der Waals surface area contributed by atoms with Gasteiger partial charge < -0.3 is 14.9 Å². The van der Waals surface area contributed by atoms with Crippen LogP contribution in [0.2, 0.25) is 0 Å². The van der Waals surface area contributed by atoms with Crippen molar-refractivity contribution < 1.29 is 19.3 Å². The fourth-order valence-corrected chi connectivity index (χ4v) is 2.93. The predicted molar refractivity (Wildman–Crippen MR) is 82.7 cm³/mol. The lowest BCUT2D eigenvalue weighted by molar-refractivity contribution is -0.0495. The Hall–Kier alpha value is -2.42. The highest BCUT2D eigenvalue weighted by Gasteiger charge is 2.45. The number of aliphatic hydroxyl groups excluding tert-OH is 2. The topological polar surface area (TPSA) is 93.3 Å². The summed E-state index contributed by atoms with van der Waals surface area (Å²) in [6.45, 7) is -0.508. The molecule has 8 heteroatoms. The molecule has 1 aliphatic rings. The van der Waals surface area contributed by atoms with Crippen molar-refractivity contribution in [1.82, 2.24) is 19.5 Å². The standard InChI is InChI=1S/C16H15FN4O3/c17-11-10(6-22)24-16(14(11)23)21-8-20-13-12(18-7-19-15(13)21)9-4-2-1-3-5-9/h1-5,7-8,10-11,14,16,22-23H,6H2/t10-,11-,14-,16-/m1/s1. The van der Waals surface area contributed by atoms with Gasteiger partial charge in [-0.3, -0.25) is 4.57 Å². The second-order valence-electron chi connectivity index (χ2n) is 5.60. The molecule has 4 rings (SSSR count). The van der Waals surface area contributed by atoms with Crippen LogP contribution in [0.25, 0.3) is 22.4 Å². The molecule has 124 valence electrons. The van der Waals surface area contributed by atoms with Crippen molar-refractivity contribution in [1.29, 1.82) is 0 Å². The maximum Gasteiger partial charge on any atom is 0.166 e. The van der Waals surface area contributed by atoms with Gasteiger partial charge in [-0.2, -0.15) is 0 Å². The first-order chi connectivity index (χ1) is 11.7. The van der Waals surface area contributed by atoms with E-state index < -0.39 is 31.2 Å². The molecule has 0 radical (unpaired) electrons. The van der Waals surface area contributed by atoms with Crippen molar-refractivity contribution >= 4 is 11.2 Å². The zero-order valence-corrected chi connectivity index (χ0v) is 12.5. The third-order valence-electron chi connectivity index (χ3n) is 4.15. The molecule has 1 saturated heterocycles. The van der Waals surface area contributed by atoms with E-state index in [1.165, 1.54) is 17.2 Å². The number of nitrogens with zero attached hydrogens (tertiary/aromatic N) is 4. The highest BCUT2D eigenvalue weighted by Crippen LogP contribution is 2.34. The number of fused-ring (bicyclic) bond motifs is 1. The number of ether oxygens (including phenoxy) is 1. The molecule has 0 unspecified atom stereocenters. The summed E-state index contributed by atoms with van der Waals surface area (Å²) >= 11 is 0. The van der Waals surface area contributed by atoms with Crippen LogP contribution in [0.1, 0.15) is 6.23 Å². The molecule has 24 heavy (non-hydrogen) atoms. The fourth-order valence-electron chi connectivity index (χ4n) is 2.93. The number of aromatic nitrogens is 4. The van der Waals surface area contributed by atoms with Crippen LogP contribution < -0.4 is 0 Å². The Morgan fingerprint density at radius 2 is 1.96 bits per heavy atom. The number of halogens is 1. The molecular formula is C16H15FN4O3. The minimum absolute atomic E-state index is 0.429. The van der Waals surface area contributed by atoms with E-state index in [1.807, 2.05) is 30.3 Å². The molecule has 0 spiro atoms. The maximum absolute atomic E-state index is 14.0. The summed E-state index contributed by atoms with van der Waals surface area (Å²) in [6.07, 6.45) is -2.33.